The van der Waals surface area contributed by atoms with E-state index in [4.69, 9.17) is 0 Å². The van der Waals surface area contributed by atoms with Crippen LogP contribution in [0.3, 0.4) is 0 Å². The molecule has 314 valence electrons. The Balaban J connectivity index is 0.938. The fraction of sp³-hybridized carbons (Fsp3) is 0.0476. The highest BCUT2D eigenvalue weighted by Gasteiger charge is 2.37. The van der Waals surface area contributed by atoms with Gasteiger partial charge in [-0.05, 0) is 131 Å². The number of para-hydroxylation sites is 6. The fourth-order valence-corrected chi connectivity index (χ4v) is 12.1. The first-order valence-electron chi connectivity index (χ1n) is 23.3. The van der Waals surface area contributed by atoms with Crippen LogP contribution in [0, 0.1) is 0 Å². The third kappa shape index (κ3) is 4.91. The van der Waals surface area contributed by atoms with Gasteiger partial charge in [0.15, 0.2) is 0 Å². The SMILES string of the molecule is CC1(C)c2cc3c(cc2-c2cc4c5ccccc5n(-c5ccc6c(c5)c5ccccc5n6-c5ccccc5)c4cc21)c1ccccc1n3-c1ccc2c(c1)c1ccccc1n2-c1ccccc1. The molecule has 67 heavy (non-hydrogen) atoms. The first kappa shape index (κ1) is 36.7. The molecule has 0 unspecified atom stereocenters. The summed E-state index contributed by atoms with van der Waals surface area (Å²) in [6, 6.07) is 81.0. The van der Waals surface area contributed by atoms with Crippen molar-refractivity contribution in [3.05, 3.63) is 230 Å². The van der Waals surface area contributed by atoms with E-state index in [0.717, 1.165) is 11.4 Å². The summed E-state index contributed by atoms with van der Waals surface area (Å²) in [4.78, 5) is 0. The Hall–Kier alpha value is -8.60. The Morgan fingerprint density at radius 2 is 0.537 bits per heavy atom. The average molecular weight is 855 g/mol. The molecule has 0 N–H and O–H groups in total. The molecule has 0 atom stereocenters. The van der Waals surface area contributed by atoms with Crippen molar-refractivity contribution in [2.24, 2.45) is 0 Å². The van der Waals surface area contributed by atoms with Gasteiger partial charge in [-0.15, -0.1) is 0 Å². The van der Waals surface area contributed by atoms with Crippen LogP contribution in [-0.2, 0) is 5.41 Å². The molecule has 0 bridgehead atoms. The van der Waals surface area contributed by atoms with Gasteiger partial charge in [-0.2, -0.15) is 0 Å². The van der Waals surface area contributed by atoms with Crippen molar-refractivity contribution in [3.63, 3.8) is 0 Å². The number of fused-ring (bicyclic) bond motifs is 15. The fourth-order valence-electron chi connectivity index (χ4n) is 12.1. The maximum absolute atomic E-state index is 2.51. The molecular formula is C63H42N4. The van der Waals surface area contributed by atoms with Crippen LogP contribution < -0.4 is 0 Å². The van der Waals surface area contributed by atoms with E-state index in [0.29, 0.717) is 0 Å². The predicted molar refractivity (Wildman–Crippen MR) is 281 cm³/mol. The zero-order valence-corrected chi connectivity index (χ0v) is 37.1. The molecule has 0 saturated carbocycles. The molecule has 10 aromatic carbocycles. The molecular weight excluding hydrogens is 813 g/mol. The number of nitrogens with zero attached hydrogens (tertiary/aromatic N) is 4. The second kappa shape index (κ2) is 13.2. The quantitative estimate of drug-likeness (QED) is 0.168. The number of hydrogen-bond donors (Lipinski definition) is 0. The van der Waals surface area contributed by atoms with Crippen LogP contribution >= 0.6 is 0 Å². The van der Waals surface area contributed by atoms with Crippen molar-refractivity contribution in [3.8, 4) is 33.9 Å². The summed E-state index contributed by atoms with van der Waals surface area (Å²) in [6.45, 7) is 4.84. The molecule has 4 heterocycles. The van der Waals surface area contributed by atoms with Gasteiger partial charge in [0.2, 0.25) is 0 Å². The summed E-state index contributed by atoms with van der Waals surface area (Å²) in [6.07, 6.45) is 0. The molecule has 15 rings (SSSR count). The normalized spacial score (nSPS) is 13.3. The lowest BCUT2D eigenvalue weighted by atomic mass is 9.82. The molecule has 1 aliphatic carbocycles. The summed E-state index contributed by atoms with van der Waals surface area (Å²) < 4.78 is 9.79. The van der Waals surface area contributed by atoms with Crippen molar-refractivity contribution in [1.82, 2.24) is 18.3 Å². The van der Waals surface area contributed by atoms with Gasteiger partial charge in [0.1, 0.15) is 0 Å². The van der Waals surface area contributed by atoms with Gasteiger partial charge < -0.3 is 18.3 Å². The molecule has 14 aromatic rings. The maximum Gasteiger partial charge on any atom is 0.0544 e. The first-order chi connectivity index (χ1) is 33.0. The summed E-state index contributed by atoms with van der Waals surface area (Å²) in [7, 11) is 0. The van der Waals surface area contributed by atoms with Crippen LogP contribution in [-0.4, -0.2) is 18.3 Å². The zero-order chi connectivity index (χ0) is 44.1. The smallest absolute Gasteiger partial charge is 0.0544 e. The van der Waals surface area contributed by atoms with Gasteiger partial charge >= 0.3 is 0 Å². The van der Waals surface area contributed by atoms with Crippen LogP contribution in [0.25, 0.3) is 121 Å². The van der Waals surface area contributed by atoms with E-state index in [1.54, 1.807) is 0 Å². The van der Waals surface area contributed by atoms with Gasteiger partial charge in [0, 0.05) is 71.3 Å². The third-order valence-electron chi connectivity index (χ3n) is 15.1. The molecule has 0 aliphatic heterocycles. The summed E-state index contributed by atoms with van der Waals surface area (Å²) >= 11 is 0. The van der Waals surface area contributed by atoms with E-state index in [1.807, 2.05) is 0 Å². The second-order valence-electron chi connectivity index (χ2n) is 18.9. The molecule has 4 nitrogen and oxygen atoms in total. The van der Waals surface area contributed by atoms with Gasteiger partial charge in [0.25, 0.3) is 0 Å². The molecule has 0 amide bonds. The standard InChI is InChI=1S/C63H42N4/c1-63(2)53-37-61-51(45-23-11-15-27-57(45)66(61)41-29-31-59-49(33-41)43-21-9-13-25-55(43)64(59)39-17-5-3-6-18-39)35-47(53)48-36-52-46-24-12-16-28-58(46)67(62(52)38-54(48)63)42-30-32-60-50(34-42)44-22-10-14-26-56(44)65(60)40-19-7-4-8-20-40/h3-38H,1-2H3. The van der Waals surface area contributed by atoms with E-state index in [9.17, 15) is 0 Å². The minimum atomic E-state index is -0.254. The average Bonchev–Trinajstić information content (AvgIpc) is 4.14. The number of hydrogen-bond acceptors (Lipinski definition) is 0. The lowest BCUT2D eigenvalue weighted by Crippen LogP contribution is -2.15. The van der Waals surface area contributed by atoms with Gasteiger partial charge in [-0.1, -0.05) is 123 Å². The van der Waals surface area contributed by atoms with E-state index in [-0.39, 0.29) is 5.41 Å². The van der Waals surface area contributed by atoms with E-state index < -0.39 is 0 Å². The van der Waals surface area contributed by atoms with Crippen LogP contribution in [0.2, 0.25) is 0 Å². The molecule has 4 heteroatoms. The van der Waals surface area contributed by atoms with Crippen molar-refractivity contribution in [1.29, 1.82) is 0 Å². The highest BCUT2D eigenvalue weighted by atomic mass is 15.0. The Morgan fingerprint density at radius 1 is 0.239 bits per heavy atom. The number of benzene rings is 10. The van der Waals surface area contributed by atoms with Crippen LogP contribution in [0.1, 0.15) is 25.0 Å². The predicted octanol–water partition coefficient (Wildman–Crippen LogP) is 16.4. The number of rotatable bonds is 4. The van der Waals surface area contributed by atoms with Crippen LogP contribution in [0.4, 0.5) is 0 Å². The summed E-state index contributed by atoms with van der Waals surface area (Å²) in [5.74, 6) is 0. The monoisotopic (exact) mass is 854 g/mol. The Bertz CT molecular complexity index is 4120. The Kier molecular flexibility index (Phi) is 7.26. The molecule has 0 saturated heterocycles. The third-order valence-corrected chi connectivity index (χ3v) is 15.1. The number of aromatic nitrogens is 4. The lowest BCUT2D eigenvalue weighted by molar-refractivity contribution is 0.661. The molecule has 0 fully saturated rings. The molecule has 0 spiro atoms. The zero-order valence-electron chi connectivity index (χ0n) is 37.1. The lowest BCUT2D eigenvalue weighted by Gasteiger charge is -2.22. The van der Waals surface area contributed by atoms with Gasteiger partial charge in [0.05, 0.1) is 44.1 Å². The van der Waals surface area contributed by atoms with Gasteiger partial charge in [-0.25, -0.2) is 0 Å². The maximum atomic E-state index is 2.51. The highest BCUT2D eigenvalue weighted by Crippen LogP contribution is 2.53. The molecule has 4 aromatic heterocycles. The highest BCUT2D eigenvalue weighted by molar-refractivity contribution is 6.16. The minimum absolute atomic E-state index is 0.254. The van der Waals surface area contributed by atoms with Crippen molar-refractivity contribution in [2.75, 3.05) is 0 Å². The minimum Gasteiger partial charge on any atom is -0.309 e. The first-order valence-corrected chi connectivity index (χ1v) is 23.3. The van der Waals surface area contributed by atoms with Crippen molar-refractivity contribution < 1.29 is 0 Å². The van der Waals surface area contributed by atoms with Crippen LogP contribution in [0.5, 0.6) is 0 Å². The summed E-state index contributed by atoms with van der Waals surface area (Å²) in [5, 5.41) is 10.1. The second-order valence-corrected chi connectivity index (χ2v) is 18.9. The van der Waals surface area contributed by atoms with Gasteiger partial charge in [-0.3, -0.25) is 0 Å². The topological polar surface area (TPSA) is 19.7 Å². The van der Waals surface area contributed by atoms with Crippen LogP contribution in [0.15, 0.2) is 218 Å². The van der Waals surface area contributed by atoms with Crippen molar-refractivity contribution >= 4 is 87.2 Å². The molecule has 1 aliphatic rings. The van der Waals surface area contributed by atoms with E-state index in [2.05, 4.69) is 251 Å². The largest absolute Gasteiger partial charge is 0.309 e. The molecule has 0 radical (unpaired) electrons. The summed E-state index contributed by atoms with van der Waals surface area (Å²) in [5.41, 5.74) is 19.5. The van der Waals surface area contributed by atoms with E-state index in [1.165, 1.54) is 121 Å². The van der Waals surface area contributed by atoms with Crippen molar-refractivity contribution in [2.45, 2.75) is 19.3 Å². The Morgan fingerprint density at radius 3 is 0.910 bits per heavy atom. The Labute approximate surface area is 386 Å². The van der Waals surface area contributed by atoms with E-state index >= 15 is 0 Å².